The minimum absolute atomic E-state index is 0.0584. The first-order valence-corrected chi connectivity index (χ1v) is 7.34. The second kappa shape index (κ2) is 6.76. The van der Waals surface area contributed by atoms with Gasteiger partial charge in [-0.05, 0) is 40.2 Å². The number of oxime groups is 1. The molecule has 4 nitrogen and oxygen atoms in total. The zero-order valence-corrected chi connectivity index (χ0v) is 13.6. The number of amidine groups is 1. The van der Waals surface area contributed by atoms with Gasteiger partial charge in [-0.15, -0.1) is 0 Å². The van der Waals surface area contributed by atoms with Gasteiger partial charge in [0.15, 0.2) is 5.84 Å². The molecule has 0 saturated heterocycles. The van der Waals surface area contributed by atoms with E-state index in [2.05, 4.69) is 37.0 Å². The van der Waals surface area contributed by atoms with Crippen LogP contribution >= 0.6 is 31.9 Å². The minimum Gasteiger partial charge on any atom is -0.488 e. The van der Waals surface area contributed by atoms with Gasteiger partial charge >= 0.3 is 0 Å². The number of benzene rings is 2. The number of hydrogen-bond acceptors (Lipinski definition) is 3. The molecule has 0 bridgehead atoms. The van der Waals surface area contributed by atoms with Crippen molar-refractivity contribution in [3.05, 3.63) is 62.5 Å². The average Bonchev–Trinajstić information content (AvgIpc) is 2.46. The summed E-state index contributed by atoms with van der Waals surface area (Å²) in [5.41, 5.74) is 7.20. The first-order valence-electron chi connectivity index (χ1n) is 5.75. The highest BCUT2D eigenvalue weighted by Gasteiger charge is 2.07. The smallest absolute Gasteiger partial charge is 0.170 e. The molecule has 0 aromatic heterocycles. The SMILES string of the molecule is N/C(=N/O)c1ccc(OCc2ccccc2Br)c(Br)c1. The summed E-state index contributed by atoms with van der Waals surface area (Å²) in [5, 5.41) is 11.6. The van der Waals surface area contributed by atoms with Gasteiger partial charge in [0.25, 0.3) is 0 Å². The third-order valence-electron chi connectivity index (χ3n) is 2.68. The number of ether oxygens (including phenoxy) is 1. The molecule has 0 heterocycles. The summed E-state index contributed by atoms with van der Waals surface area (Å²) in [4.78, 5) is 0. The first-order chi connectivity index (χ1) is 9.61. The van der Waals surface area contributed by atoms with Crippen molar-refractivity contribution in [2.45, 2.75) is 6.61 Å². The number of rotatable bonds is 4. The fourth-order valence-corrected chi connectivity index (χ4v) is 2.50. The maximum atomic E-state index is 8.64. The Morgan fingerprint density at radius 3 is 2.55 bits per heavy atom. The van der Waals surface area contributed by atoms with E-state index >= 15 is 0 Å². The van der Waals surface area contributed by atoms with Crippen LogP contribution in [0.3, 0.4) is 0 Å². The van der Waals surface area contributed by atoms with E-state index in [0.29, 0.717) is 17.9 Å². The molecule has 0 aliphatic rings. The summed E-state index contributed by atoms with van der Waals surface area (Å²) in [5.74, 6) is 0.748. The van der Waals surface area contributed by atoms with Crippen molar-refractivity contribution in [1.82, 2.24) is 0 Å². The summed E-state index contributed by atoms with van der Waals surface area (Å²) < 4.78 is 7.50. The zero-order chi connectivity index (χ0) is 14.5. The van der Waals surface area contributed by atoms with Crippen LogP contribution in [0.2, 0.25) is 0 Å². The maximum absolute atomic E-state index is 8.64. The van der Waals surface area contributed by atoms with Crippen LogP contribution in [0.4, 0.5) is 0 Å². The first kappa shape index (κ1) is 14.9. The minimum atomic E-state index is 0.0584. The van der Waals surface area contributed by atoms with E-state index in [9.17, 15) is 0 Å². The molecule has 6 heteroatoms. The van der Waals surface area contributed by atoms with Crippen molar-refractivity contribution >= 4 is 37.7 Å². The van der Waals surface area contributed by atoms with Gasteiger partial charge in [-0.25, -0.2) is 0 Å². The normalized spacial score (nSPS) is 11.4. The molecule has 3 N–H and O–H groups in total. The molecule has 0 unspecified atom stereocenters. The van der Waals surface area contributed by atoms with E-state index in [4.69, 9.17) is 15.7 Å². The predicted molar refractivity (Wildman–Crippen MR) is 85.1 cm³/mol. The topological polar surface area (TPSA) is 67.8 Å². The molecule has 0 aliphatic carbocycles. The summed E-state index contributed by atoms with van der Waals surface area (Å²) >= 11 is 6.88. The fraction of sp³-hybridized carbons (Fsp3) is 0.0714. The lowest BCUT2D eigenvalue weighted by Gasteiger charge is -2.10. The van der Waals surface area contributed by atoms with Crippen LogP contribution in [-0.4, -0.2) is 11.0 Å². The molecule has 0 aliphatic heterocycles. The Balaban J connectivity index is 2.13. The second-order valence-electron chi connectivity index (χ2n) is 4.01. The molecule has 104 valence electrons. The molecule has 2 rings (SSSR count). The van der Waals surface area contributed by atoms with Crippen LogP contribution in [0.15, 0.2) is 56.6 Å². The summed E-state index contributed by atoms with van der Waals surface area (Å²) in [6, 6.07) is 13.1. The van der Waals surface area contributed by atoms with Crippen LogP contribution in [0.25, 0.3) is 0 Å². The quantitative estimate of drug-likeness (QED) is 0.354. The summed E-state index contributed by atoms with van der Waals surface area (Å²) in [6.07, 6.45) is 0. The Bertz CT molecular complexity index is 645. The van der Waals surface area contributed by atoms with Crippen LogP contribution in [0.5, 0.6) is 5.75 Å². The third kappa shape index (κ3) is 3.52. The summed E-state index contributed by atoms with van der Waals surface area (Å²) in [6.45, 7) is 0.447. The van der Waals surface area contributed by atoms with Crippen molar-refractivity contribution < 1.29 is 9.94 Å². The van der Waals surface area contributed by atoms with Crippen LogP contribution in [0, 0.1) is 0 Å². The molecule has 0 amide bonds. The van der Waals surface area contributed by atoms with Crippen LogP contribution < -0.4 is 10.5 Å². The molecule has 0 fully saturated rings. The van der Waals surface area contributed by atoms with Crippen LogP contribution in [-0.2, 0) is 6.61 Å². The van der Waals surface area contributed by atoms with Crippen LogP contribution in [0.1, 0.15) is 11.1 Å². The Morgan fingerprint density at radius 2 is 1.90 bits per heavy atom. The van der Waals surface area contributed by atoms with Crippen molar-refractivity contribution in [3.63, 3.8) is 0 Å². The van der Waals surface area contributed by atoms with E-state index in [1.807, 2.05) is 24.3 Å². The Labute approximate surface area is 133 Å². The predicted octanol–water partition coefficient (Wildman–Crippen LogP) is 3.89. The molecular formula is C14H12Br2N2O2. The molecular weight excluding hydrogens is 388 g/mol. The molecule has 0 radical (unpaired) electrons. The Morgan fingerprint density at radius 1 is 1.15 bits per heavy atom. The van der Waals surface area contributed by atoms with Gasteiger partial charge in [0.05, 0.1) is 4.47 Å². The number of halogens is 2. The van der Waals surface area contributed by atoms with Gasteiger partial charge in [0.1, 0.15) is 12.4 Å². The Kier molecular flexibility index (Phi) is 5.03. The largest absolute Gasteiger partial charge is 0.488 e. The highest BCUT2D eigenvalue weighted by Crippen LogP contribution is 2.27. The lowest BCUT2D eigenvalue weighted by molar-refractivity contribution is 0.303. The number of nitrogens with zero attached hydrogens (tertiary/aromatic N) is 1. The van der Waals surface area contributed by atoms with Gasteiger partial charge in [-0.1, -0.05) is 39.3 Å². The average molecular weight is 400 g/mol. The number of nitrogens with two attached hydrogens (primary N) is 1. The van der Waals surface area contributed by atoms with E-state index in [-0.39, 0.29) is 5.84 Å². The molecule has 0 atom stereocenters. The molecule has 0 spiro atoms. The maximum Gasteiger partial charge on any atom is 0.170 e. The van der Waals surface area contributed by atoms with Crippen molar-refractivity contribution in [2.24, 2.45) is 10.9 Å². The molecule has 2 aromatic carbocycles. The highest BCUT2D eigenvalue weighted by atomic mass is 79.9. The van der Waals surface area contributed by atoms with Crippen molar-refractivity contribution in [2.75, 3.05) is 0 Å². The third-order valence-corrected chi connectivity index (χ3v) is 4.07. The van der Waals surface area contributed by atoms with Gasteiger partial charge in [0.2, 0.25) is 0 Å². The van der Waals surface area contributed by atoms with E-state index in [1.54, 1.807) is 18.2 Å². The van der Waals surface area contributed by atoms with Gasteiger partial charge < -0.3 is 15.7 Å². The van der Waals surface area contributed by atoms with Crippen molar-refractivity contribution in [3.8, 4) is 5.75 Å². The second-order valence-corrected chi connectivity index (χ2v) is 5.72. The van der Waals surface area contributed by atoms with E-state index in [1.165, 1.54) is 0 Å². The fourth-order valence-electron chi connectivity index (χ4n) is 1.61. The molecule has 0 saturated carbocycles. The zero-order valence-electron chi connectivity index (χ0n) is 10.4. The lowest BCUT2D eigenvalue weighted by atomic mass is 10.2. The summed E-state index contributed by atoms with van der Waals surface area (Å²) in [7, 11) is 0. The van der Waals surface area contributed by atoms with Gasteiger partial charge in [-0.2, -0.15) is 0 Å². The van der Waals surface area contributed by atoms with Gasteiger partial charge in [-0.3, -0.25) is 0 Å². The van der Waals surface area contributed by atoms with E-state index in [0.717, 1.165) is 14.5 Å². The standard InChI is InChI=1S/C14H12Br2N2O2/c15-11-4-2-1-3-10(11)8-20-13-6-5-9(7-12(13)16)14(17)18-19/h1-7,19H,8H2,(H2,17,18). The Hall–Kier alpha value is -1.53. The molecule has 2 aromatic rings. The van der Waals surface area contributed by atoms with E-state index < -0.39 is 0 Å². The highest BCUT2D eigenvalue weighted by molar-refractivity contribution is 9.10. The molecule has 20 heavy (non-hydrogen) atoms. The van der Waals surface area contributed by atoms with Gasteiger partial charge in [0, 0.05) is 15.6 Å². The lowest BCUT2D eigenvalue weighted by Crippen LogP contribution is -2.12. The monoisotopic (exact) mass is 398 g/mol. The van der Waals surface area contributed by atoms with Crippen molar-refractivity contribution in [1.29, 1.82) is 0 Å². The number of hydrogen-bond donors (Lipinski definition) is 2.